The molecule has 0 aliphatic carbocycles. The topological polar surface area (TPSA) is 78.1 Å². The number of hydrogen-bond donors (Lipinski definition) is 3. The van der Waals surface area contributed by atoms with E-state index < -0.39 is 0 Å². The van der Waals surface area contributed by atoms with E-state index >= 15 is 0 Å². The minimum Gasteiger partial charge on any atom is -0.330 e. The Morgan fingerprint density at radius 1 is 0.533 bits per heavy atom. The molecule has 0 unspecified atom stereocenters. The highest BCUT2D eigenvalue weighted by atomic mass is 14.5. The second kappa shape index (κ2) is 29.2. The molecule has 0 aromatic rings. The Labute approximate surface area is 96.8 Å². The first-order valence-corrected chi connectivity index (χ1v) is 6.35. The van der Waals surface area contributed by atoms with Gasteiger partial charge in [-0.2, -0.15) is 0 Å². The third-order valence-electron chi connectivity index (χ3n) is 1.72. The van der Waals surface area contributed by atoms with E-state index in [0.717, 1.165) is 32.5 Å². The van der Waals surface area contributed by atoms with Crippen LogP contribution in [-0.4, -0.2) is 19.6 Å². The van der Waals surface area contributed by atoms with Crippen molar-refractivity contribution in [2.24, 2.45) is 17.2 Å². The summed E-state index contributed by atoms with van der Waals surface area (Å²) < 4.78 is 0. The highest BCUT2D eigenvalue weighted by Gasteiger charge is 1.75. The average molecular weight is 219 g/mol. The van der Waals surface area contributed by atoms with Crippen LogP contribution < -0.4 is 17.2 Å². The Morgan fingerprint density at radius 2 is 0.867 bits per heavy atom. The first kappa shape index (κ1) is 20.3. The molecular weight excluding hydrogens is 186 g/mol. The van der Waals surface area contributed by atoms with Gasteiger partial charge in [-0.1, -0.05) is 40.0 Å². The molecule has 0 aliphatic rings. The van der Waals surface area contributed by atoms with E-state index in [1.807, 2.05) is 0 Å². The Morgan fingerprint density at radius 3 is 0.933 bits per heavy atom. The standard InChI is InChI=1S/C4H12N2.C4H11N.C4H10/c5-3-1-2-4-6;1-2-3-4-5;1-3-4-2/h1-6H2;2-5H2,1H3;3-4H2,1-2H3. The van der Waals surface area contributed by atoms with Crippen molar-refractivity contribution in [1.29, 1.82) is 0 Å². The SMILES string of the molecule is CCCC.CCCCN.NCCCCN. The van der Waals surface area contributed by atoms with Gasteiger partial charge in [0, 0.05) is 0 Å². The van der Waals surface area contributed by atoms with Crippen LogP contribution in [0.1, 0.15) is 59.3 Å². The van der Waals surface area contributed by atoms with Crippen molar-refractivity contribution in [3.63, 3.8) is 0 Å². The van der Waals surface area contributed by atoms with Crippen LogP contribution in [0.5, 0.6) is 0 Å². The van der Waals surface area contributed by atoms with Gasteiger partial charge in [0.1, 0.15) is 0 Å². The lowest BCUT2D eigenvalue weighted by molar-refractivity contribution is 0.755. The minimum atomic E-state index is 0.775. The van der Waals surface area contributed by atoms with E-state index in [4.69, 9.17) is 17.2 Å². The van der Waals surface area contributed by atoms with Crippen LogP contribution >= 0.6 is 0 Å². The lowest BCUT2D eigenvalue weighted by atomic mass is 10.3. The summed E-state index contributed by atoms with van der Waals surface area (Å²) in [5.41, 5.74) is 15.5. The van der Waals surface area contributed by atoms with Crippen LogP contribution in [0.2, 0.25) is 0 Å². The molecule has 0 fully saturated rings. The van der Waals surface area contributed by atoms with Crippen molar-refractivity contribution >= 4 is 0 Å². The monoisotopic (exact) mass is 219 g/mol. The van der Waals surface area contributed by atoms with E-state index in [2.05, 4.69) is 20.8 Å². The lowest BCUT2D eigenvalue weighted by Crippen LogP contribution is -2.03. The molecule has 0 aliphatic heterocycles. The highest BCUT2D eigenvalue weighted by molar-refractivity contribution is 4.38. The third-order valence-corrected chi connectivity index (χ3v) is 1.72. The van der Waals surface area contributed by atoms with Crippen LogP contribution in [0.15, 0.2) is 0 Å². The normalized spacial score (nSPS) is 8.40. The van der Waals surface area contributed by atoms with Gasteiger partial charge >= 0.3 is 0 Å². The summed E-state index contributed by atoms with van der Waals surface area (Å²) in [6.45, 7) is 8.89. The predicted molar refractivity (Wildman–Crippen MR) is 71.9 cm³/mol. The van der Waals surface area contributed by atoms with Crippen LogP contribution in [0.3, 0.4) is 0 Å². The third kappa shape index (κ3) is 56.7. The Bertz CT molecular complexity index is 59.9. The summed E-state index contributed by atoms with van der Waals surface area (Å²) in [4.78, 5) is 0. The van der Waals surface area contributed by atoms with Crippen molar-refractivity contribution in [1.82, 2.24) is 0 Å². The maximum Gasteiger partial charge on any atom is -0.00768 e. The van der Waals surface area contributed by atoms with Gasteiger partial charge in [0.25, 0.3) is 0 Å². The number of rotatable bonds is 6. The fourth-order valence-corrected chi connectivity index (χ4v) is 0.493. The molecule has 0 rings (SSSR count). The maximum absolute atomic E-state index is 5.16. The van der Waals surface area contributed by atoms with Crippen LogP contribution in [-0.2, 0) is 0 Å². The van der Waals surface area contributed by atoms with E-state index in [1.54, 1.807) is 0 Å². The summed E-state index contributed by atoms with van der Waals surface area (Å²) in [5.74, 6) is 0. The fraction of sp³-hybridized carbons (Fsp3) is 1.00. The number of nitrogens with two attached hydrogens (primary N) is 3. The molecule has 96 valence electrons. The van der Waals surface area contributed by atoms with Gasteiger partial charge in [-0.05, 0) is 38.9 Å². The molecule has 6 N–H and O–H groups in total. The summed E-state index contributed by atoms with van der Waals surface area (Å²) in [5, 5.41) is 0. The highest BCUT2D eigenvalue weighted by Crippen LogP contribution is 1.77. The van der Waals surface area contributed by atoms with Gasteiger partial charge in [0.05, 0.1) is 0 Å². The van der Waals surface area contributed by atoms with E-state index in [9.17, 15) is 0 Å². The van der Waals surface area contributed by atoms with Gasteiger partial charge in [-0.25, -0.2) is 0 Å². The first-order valence-electron chi connectivity index (χ1n) is 6.35. The van der Waals surface area contributed by atoms with Gasteiger partial charge in [0.15, 0.2) is 0 Å². The van der Waals surface area contributed by atoms with Gasteiger partial charge < -0.3 is 17.2 Å². The average Bonchev–Trinajstić information content (AvgIpc) is 2.28. The second-order valence-electron chi connectivity index (χ2n) is 3.43. The molecule has 0 saturated carbocycles. The fourth-order valence-electron chi connectivity index (χ4n) is 0.493. The minimum absolute atomic E-state index is 0.775. The zero-order valence-electron chi connectivity index (χ0n) is 11.1. The summed E-state index contributed by atoms with van der Waals surface area (Å²) >= 11 is 0. The van der Waals surface area contributed by atoms with E-state index in [1.165, 1.54) is 25.7 Å². The summed E-state index contributed by atoms with van der Waals surface area (Å²) in [6.07, 6.45) is 7.16. The number of unbranched alkanes of at least 4 members (excludes halogenated alkanes) is 3. The lowest BCUT2D eigenvalue weighted by Gasteiger charge is -1.87. The molecule has 15 heavy (non-hydrogen) atoms. The van der Waals surface area contributed by atoms with E-state index in [0.29, 0.717) is 0 Å². The molecule has 3 nitrogen and oxygen atoms in total. The van der Waals surface area contributed by atoms with E-state index in [-0.39, 0.29) is 0 Å². The largest absolute Gasteiger partial charge is 0.330 e. The van der Waals surface area contributed by atoms with Crippen LogP contribution in [0.4, 0.5) is 0 Å². The van der Waals surface area contributed by atoms with Crippen molar-refractivity contribution in [2.45, 2.75) is 59.3 Å². The van der Waals surface area contributed by atoms with Crippen molar-refractivity contribution in [3.05, 3.63) is 0 Å². The summed E-state index contributed by atoms with van der Waals surface area (Å²) in [7, 11) is 0. The Kier molecular flexibility index (Phi) is 39.5. The molecule has 0 amide bonds. The Hall–Kier alpha value is -0.120. The second-order valence-corrected chi connectivity index (χ2v) is 3.43. The van der Waals surface area contributed by atoms with Crippen molar-refractivity contribution in [2.75, 3.05) is 19.6 Å². The molecule has 0 aromatic heterocycles. The van der Waals surface area contributed by atoms with Crippen molar-refractivity contribution < 1.29 is 0 Å². The smallest absolute Gasteiger partial charge is 0.00768 e. The molecule has 0 atom stereocenters. The molecule has 0 bridgehead atoms. The van der Waals surface area contributed by atoms with Gasteiger partial charge in [-0.3, -0.25) is 0 Å². The first-order chi connectivity index (χ1) is 7.24. The molecule has 0 spiro atoms. The maximum atomic E-state index is 5.16. The summed E-state index contributed by atoms with van der Waals surface area (Å²) in [6, 6.07) is 0. The Balaban J connectivity index is -0.000000147. The zero-order chi connectivity index (χ0) is 12.4. The molecule has 0 radical (unpaired) electrons. The molecule has 0 heterocycles. The predicted octanol–water partition coefficient (Wildman–Crippen LogP) is 2.24. The van der Waals surface area contributed by atoms with Gasteiger partial charge in [0.2, 0.25) is 0 Å². The van der Waals surface area contributed by atoms with Crippen LogP contribution in [0, 0.1) is 0 Å². The van der Waals surface area contributed by atoms with Gasteiger partial charge in [-0.15, -0.1) is 0 Å². The molecule has 3 heteroatoms. The van der Waals surface area contributed by atoms with Crippen LogP contribution in [0.25, 0.3) is 0 Å². The number of hydrogen-bond acceptors (Lipinski definition) is 3. The molecule has 0 saturated heterocycles. The zero-order valence-corrected chi connectivity index (χ0v) is 11.1. The van der Waals surface area contributed by atoms with Crippen molar-refractivity contribution in [3.8, 4) is 0 Å². The quantitative estimate of drug-likeness (QED) is 0.599. The molecular formula is C12H33N3. The molecule has 0 aromatic carbocycles.